The van der Waals surface area contributed by atoms with Crippen molar-refractivity contribution < 1.29 is 19.1 Å². The summed E-state index contributed by atoms with van der Waals surface area (Å²) in [6.07, 6.45) is 5.84. The number of ether oxygens (including phenoxy) is 2. The molecule has 1 fully saturated rings. The van der Waals surface area contributed by atoms with E-state index in [0.717, 1.165) is 42.4 Å². The van der Waals surface area contributed by atoms with E-state index in [1.807, 2.05) is 41.0 Å². The monoisotopic (exact) mass is 508 g/mol. The summed E-state index contributed by atoms with van der Waals surface area (Å²) in [6.45, 7) is 5.19. The van der Waals surface area contributed by atoms with Crippen LogP contribution in [-0.4, -0.2) is 69.1 Å². The normalized spacial score (nSPS) is 19.0. The van der Waals surface area contributed by atoms with Gasteiger partial charge in [0.2, 0.25) is 5.91 Å². The standard InChI is InChI=1S/C27H36N6O4/c1-20-15-21-16-23(5-6-24(21)31(20)2)37-19-25(34)32-12-8-27(9-13-32)7-3-4-11-33-17-22(29-30-33)18-36-14-10-28-26(27)35/h5-6,15-17H,3-4,7-14,18-19H2,1-2H3,(H,28,35). The lowest BCUT2D eigenvalue weighted by Crippen LogP contribution is -2.51. The zero-order valence-corrected chi connectivity index (χ0v) is 21.7. The third kappa shape index (κ3) is 5.64. The van der Waals surface area contributed by atoms with Crippen LogP contribution in [0.5, 0.6) is 5.75 Å². The molecular formula is C27H36N6O4. The van der Waals surface area contributed by atoms with Crippen molar-refractivity contribution in [2.45, 2.75) is 52.2 Å². The molecule has 1 spiro atoms. The summed E-state index contributed by atoms with van der Waals surface area (Å²) >= 11 is 0. The van der Waals surface area contributed by atoms with Crippen LogP contribution in [0.15, 0.2) is 30.5 Å². The average molecular weight is 509 g/mol. The van der Waals surface area contributed by atoms with E-state index in [0.29, 0.717) is 51.4 Å². The van der Waals surface area contributed by atoms with Gasteiger partial charge in [0, 0.05) is 49.8 Å². The number of benzene rings is 1. The van der Waals surface area contributed by atoms with Crippen LogP contribution in [0.3, 0.4) is 0 Å². The van der Waals surface area contributed by atoms with Crippen molar-refractivity contribution in [3.05, 3.63) is 41.9 Å². The van der Waals surface area contributed by atoms with E-state index in [9.17, 15) is 9.59 Å². The maximum absolute atomic E-state index is 13.3. The van der Waals surface area contributed by atoms with Gasteiger partial charge in [-0.25, -0.2) is 0 Å². The molecule has 0 atom stereocenters. The van der Waals surface area contributed by atoms with E-state index < -0.39 is 5.41 Å². The van der Waals surface area contributed by atoms with Crippen LogP contribution in [-0.2, 0) is 34.5 Å². The number of carbonyl (C=O) groups excluding carboxylic acids is 2. The highest BCUT2D eigenvalue weighted by atomic mass is 16.5. The molecule has 1 aromatic carbocycles. The molecular weight excluding hydrogens is 472 g/mol. The van der Waals surface area contributed by atoms with E-state index in [4.69, 9.17) is 9.47 Å². The average Bonchev–Trinajstić information content (AvgIpc) is 3.47. The second-order valence-electron chi connectivity index (χ2n) is 10.3. The van der Waals surface area contributed by atoms with Crippen LogP contribution < -0.4 is 10.1 Å². The number of aryl methyl sites for hydroxylation is 3. The Morgan fingerprint density at radius 3 is 2.84 bits per heavy atom. The Labute approximate surface area is 216 Å². The summed E-state index contributed by atoms with van der Waals surface area (Å²) in [4.78, 5) is 28.0. The highest BCUT2D eigenvalue weighted by Crippen LogP contribution is 2.37. The number of aromatic nitrogens is 4. The smallest absolute Gasteiger partial charge is 0.260 e. The van der Waals surface area contributed by atoms with Gasteiger partial charge in [-0.2, -0.15) is 0 Å². The van der Waals surface area contributed by atoms with Crippen molar-refractivity contribution in [2.24, 2.45) is 12.5 Å². The van der Waals surface area contributed by atoms with E-state index in [1.54, 1.807) is 0 Å². The molecule has 10 nitrogen and oxygen atoms in total. The quantitative estimate of drug-likeness (QED) is 0.583. The van der Waals surface area contributed by atoms with E-state index in [1.165, 1.54) is 5.69 Å². The summed E-state index contributed by atoms with van der Waals surface area (Å²) in [5, 5.41) is 12.5. The summed E-state index contributed by atoms with van der Waals surface area (Å²) in [5.74, 6) is 0.711. The highest BCUT2D eigenvalue weighted by molar-refractivity contribution is 5.84. The van der Waals surface area contributed by atoms with E-state index >= 15 is 0 Å². The largest absolute Gasteiger partial charge is 0.484 e. The lowest BCUT2D eigenvalue weighted by atomic mass is 9.73. The number of nitrogens with zero attached hydrogens (tertiary/aromatic N) is 5. The Hall–Kier alpha value is -3.40. The zero-order valence-electron chi connectivity index (χ0n) is 21.7. The third-order valence-electron chi connectivity index (χ3n) is 7.83. The van der Waals surface area contributed by atoms with Crippen molar-refractivity contribution in [1.29, 1.82) is 0 Å². The SMILES string of the molecule is Cc1cc2cc(OCC(=O)N3CCC4(CCCCn5cc(nn5)COCCNC4=O)CC3)ccc2n1C. The Kier molecular flexibility index (Phi) is 7.45. The molecule has 2 bridgehead atoms. The number of hydrogen-bond donors (Lipinski definition) is 1. The van der Waals surface area contributed by atoms with E-state index in [-0.39, 0.29) is 18.4 Å². The molecule has 10 heteroatoms. The molecule has 2 aromatic heterocycles. The fraction of sp³-hybridized carbons (Fsp3) is 0.556. The molecule has 198 valence electrons. The molecule has 3 aromatic rings. The number of likely N-dealkylation sites (tertiary alicyclic amines) is 1. The fourth-order valence-electron chi connectivity index (χ4n) is 5.42. The second-order valence-corrected chi connectivity index (χ2v) is 10.3. The zero-order chi connectivity index (χ0) is 25.8. The molecule has 2 aliphatic rings. The van der Waals surface area contributed by atoms with Crippen LogP contribution in [0.4, 0.5) is 0 Å². The fourth-order valence-corrected chi connectivity index (χ4v) is 5.42. The minimum atomic E-state index is -0.467. The molecule has 0 aliphatic carbocycles. The van der Waals surface area contributed by atoms with Crippen LogP contribution in [0.1, 0.15) is 43.5 Å². The number of nitrogens with one attached hydrogen (secondary N) is 1. The molecule has 4 heterocycles. The number of carbonyl (C=O) groups is 2. The maximum atomic E-state index is 13.3. The molecule has 1 N–H and O–H groups in total. The van der Waals surface area contributed by atoms with Gasteiger partial charge in [0.05, 0.1) is 24.8 Å². The Balaban J connectivity index is 1.16. The van der Waals surface area contributed by atoms with Gasteiger partial charge in [0.1, 0.15) is 11.4 Å². The van der Waals surface area contributed by atoms with Gasteiger partial charge >= 0.3 is 0 Å². The lowest BCUT2D eigenvalue weighted by Gasteiger charge is -2.41. The molecule has 37 heavy (non-hydrogen) atoms. The van der Waals surface area contributed by atoms with Crippen molar-refractivity contribution in [1.82, 2.24) is 29.8 Å². The lowest BCUT2D eigenvalue weighted by molar-refractivity contribution is -0.142. The number of fused-ring (bicyclic) bond motifs is 3. The first kappa shape index (κ1) is 25.3. The first-order valence-corrected chi connectivity index (χ1v) is 13.2. The first-order chi connectivity index (χ1) is 17.9. The molecule has 1 saturated heterocycles. The molecule has 2 aliphatic heterocycles. The van der Waals surface area contributed by atoms with Gasteiger partial charge in [0.15, 0.2) is 6.61 Å². The topological polar surface area (TPSA) is 104 Å². The predicted octanol–water partition coefficient (Wildman–Crippen LogP) is 2.58. The number of amides is 2. The summed E-state index contributed by atoms with van der Waals surface area (Å²) in [6, 6.07) is 8.01. The van der Waals surface area contributed by atoms with Gasteiger partial charge < -0.3 is 24.3 Å². The molecule has 5 rings (SSSR count). The van der Waals surface area contributed by atoms with Crippen LogP contribution >= 0.6 is 0 Å². The van der Waals surface area contributed by atoms with Crippen molar-refractivity contribution >= 4 is 22.7 Å². The minimum absolute atomic E-state index is 0.00620. The van der Waals surface area contributed by atoms with Crippen LogP contribution in [0.25, 0.3) is 10.9 Å². The third-order valence-corrected chi connectivity index (χ3v) is 7.83. The Morgan fingerprint density at radius 2 is 2.00 bits per heavy atom. The molecule has 2 amide bonds. The Bertz CT molecular complexity index is 1260. The van der Waals surface area contributed by atoms with Crippen molar-refractivity contribution in [3.8, 4) is 5.75 Å². The highest BCUT2D eigenvalue weighted by Gasteiger charge is 2.41. The van der Waals surface area contributed by atoms with Gasteiger partial charge in [-0.15, -0.1) is 5.10 Å². The summed E-state index contributed by atoms with van der Waals surface area (Å²) in [5.41, 5.74) is 2.64. The second kappa shape index (κ2) is 10.9. The minimum Gasteiger partial charge on any atom is -0.484 e. The first-order valence-electron chi connectivity index (χ1n) is 13.2. The van der Waals surface area contributed by atoms with Crippen molar-refractivity contribution in [3.63, 3.8) is 0 Å². The van der Waals surface area contributed by atoms with Gasteiger partial charge in [-0.3, -0.25) is 14.3 Å². The Morgan fingerprint density at radius 1 is 1.16 bits per heavy atom. The van der Waals surface area contributed by atoms with Gasteiger partial charge in [0.25, 0.3) is 5.91 Å². The summed E-state index contributed by atoms with van der Waals surface area (Å²) < 4.78 is 15.5. The van der Waals surface area contributed by atoms with Gasteiger partial charge in [-0.05, 0) is 56.9 Å². The van der Waals surface area contributed by atoms with Crippen LogP contribution in [0, 0.1) is 12.3 Å². The van der Waals surface area contributed by atoms with Crippen LogP contribution in [0.2, 0.25) is 0 Å². The summed E-state index contributed by atoms with van der Waals surface area (Å²) in [7, 11) is 2.04. The predicted molar refractivity (Wildman–Crippen MR) is 138 cm³/mol. The number of piperidine rings is 1. The molecule has 0 unspecified atom stereocenters. The number of hydrogen-bond acceptors (Lipinski definition) is 6. The van der Waals surface area contributed by atoms with Gasteiger partial charge in [-0.1, -0.05) is 11.6 Å². The van der Waals surface area contributed by atoms with E-state index in [2.05, 4.69) is 33.2 Å². The number of rotatable bonds is 3. The van der Waals surface area contributed by atoms with Crippen molar-refractivity contribution in [2.75, 3.05) is 32.8 Å². The maximum Gasteiger partial charge on any atom is 0.260 e. The molecule has 0 radical (unpaired) electrons. The molecule has 0 saturated carbocycles.